The van der Waals surface area contributed by atoms with Gasteiger partial charge in [0.15, 0.2) is 0 Å². The lowest BCUT2D eigenvalue weighted by Crippen LogP contribution is -2.50. The van der Waals surface area contributed by atoms with Gasteiger partial charge in [-0.25, -0.2) is 5.48 Å². The van der Waals surface area contributed by atoms with E-state index in [1.54, 1.807) is 0 Å². The number of rotatable bonds is 4. The van der Waals surface area contributed by atoms with Crippen molar-refractivity contribution in [2.24, 2.45) is 0 Å². The van der Waals surface area contributed by atoms with Gasteiger partial charge in [0.25, 0.3) is 0 Å². The highest BCUT2D eigenvalue weighted by atomic mass is 35.5. The Labute approximate surface area is 111 Å². The average Bonchev–Trinajstić information content (AvgIpc) is 2.15. The minimum atomic E-state index is 0. The summed E-state index contributed by atoms with van der Waals surface area (Å²) in [7, 11) is 1.81. The molecule has 0 aromatic carbocycles. The van der Waals surface area contributed by atoms with Crippen molar-refractivity contribution in [3.63, 3.8) is 0 Å². The minimum absolute atomic E-state index is 0. The van der Waals surface area contributed by atoms with Gasteiger partial charge in [0, 0.05) is 33.2 Å². The highest BCUT2D eigenvalue weighted by Crippen LogP contribution is 2.05. The molecule has 0 spiro atoms. The first-order chi connectivity index (χ1) is 5.88. The van der Waals surface area contributed by atoms with Crippen molar-refractivity contribution in [3.8, 4) is 0 Å². The molecular weight excluding hydrogens is 260 g/mol. The fourth-order valence-corrected chi connectivity index (χ4v) is 1.52. The molecule has 0 aromatic rings. The standard InChI is InChI=1S/C8H19N3O.3ClH/c1-3-8(12-9-2)11-6-4-10-5-7-11;;;/h8-10H,3-7H2,1-2H3;3*1H. The molecule has 0 aliphatic carbocycles. The highest BCUT2D eigenvalue weighted by Gasteiger charge is 2.18. The summed E-state index contributed by atoms with van der Waals surface area (Å²) in [6.45, 7) is 6.46. The molecule has 0 radical (unpaired) electrons. The molecule has 0 saturated carbocycles. The molecule has 96 valence electrons. The maximum Gasteiger partial charge on any atom is 0.131 e. The van der Waals surface area contributed by atoms with Crippen LogP contribution in [0.4, 0.5) is 0 Å². The van der Waals surface area contributed by atoms with E-state index in [0.29, 0.717) is 0 Å². The summed E-state index contributed by atoms with van der Waals surface area (Å²) in [5, 5.41) is 3.32. The van der Waals surface area contributed by atoms with Crippen molar-refractivity contribution >= 4 is 37.2 Å². The molecule has 2 N–H and O–H groups in total. The van der Waals surface area contributed by atoms with Crippen LogP contribution in [0.3, 0.4) is 0 Å². The van der Waals surface area contributed by atoms with Crippen molar-refractivity contribution in [3.05, 3.63) is 0 Å². The molecule has 15 heavy (non-hydrogen) atoms. The van der Waals surface area contributed by atoms with Gasteiger partial charge in [-0.15, -0.1) is 37.2 Å². The Kier molecular flexibility index (Phi) is 17.9. The van der Waals surface area contributed by atoms with E-state index < -0.39 is 0 Å². The Balaban J connectivity index is -0.000000480. The van der Waals surface area contributed by atoms with E-state index in [4.69, 9.17) is 4.84 Å². The molecule has 1 fully saturated rings. The average molecular weight is 283 g/mol. The van der Waals surface area contributed by atoms with E-state index in [1.165, 1.54) is 0 Å². The van der Waals surface area contributed by atoms with E-state index in [1.807, 2.05) is 7.05 Å². The molecule has 1 rings (SSSR count). The number of hydrogen-bond acceptors (Lipinski definition) is 4. The van der Waals surface area contributed by atoms with E-state index in [0.717, 1.165) is 32.6 Å². The largest absolute Gasteiger partial charge is 0.314 e. The molecule has 7 heteroatoms. The van der Waals surface area contributed by atoms with Crippen molar-refractivity contribution in [1.29, 1.82) is 0 Å². The van der Waals surface area contributed by atoms with Crippen LogP contribution in [0.2, 0.25) is 0 Å². The topological polar surface area (TPSA) is 36.5 Å². The first-order valence-corrected chi connectivity index (χ1v) is 4.65. The van der Waals surface area contributed by atoms with Crippen LogP contribution in [0.5, 0.6) is 0 Å². The fraction of sp³-hybridized carbons (Fsp3) is 1.00. The summed E-state index contributed by atoms with van der Waals surface area (Å²) in [5.41, 5.74) is 2.75. The van der Waals surface area contributed by atoms with Crippen molar-refractivity contribution in [2.75, 3.05) is 33.2 Å². The van der Waals surface area contributed by atoms with Crippen LogP contribution in [0.1, 0.15) is 13.3 Å². The third kappa shape index (κ3) is 7.58. The van der Waals surface area contributed by atoms with E-state index >= 15 is 0 Å². The number of hydrogen-bond donors (Lipinski definition) is 2. The van der Waals surface area contributed by atoms with Crippen molar-refractivity contribution in [2.45, 2.75) is 19.6 Å². The maximum atomic E-state index is 5.38. The molecule has 1 unspecified atom stereocenters. The predicted octanol–water partition coefficient (Wildman–Crippen LogP) is 1.04. The van der Waals surface area contributed by atoms with Gasteiger partial charge in [0.2, 0.25) is 0 Å². The zero-order chi connectivity index (χ0) is 8.81. The Hall–Kier alpha value is 0.710. The van der Waals surface area contributed by atoms with Crippen molar-refractivity contribution in [1.82, 2.24) is 15.7 Å². The number of nitrogens with zero attached hydrogens (tertiary/aromatic N) is 1. The summed E-state index contributed by atoms with van der Waals surface area (Å²) in [6, 6.07) is 0. The zero-order valence-electron chi connectivity index (χ0n) is 9.19. The molecule has 0 bridgehead atoms. The van der Waals surface area contributed by atoms with Gasteiger partial charge in [0.05, 0.1) is 0 Å². The first kappa shape index (κ1) is 21.0. The third-order valence-electron chi connectivity index (χ3n) is 2.16. The lowest BCUT2D eigenvalue weighted by molar-refractivity contribution is -0.107. The van der Waals surface area contributed by atoms with Crippen LogP contribution in [0, 0.1) is 0 Å². The summed E-state index contributed by atoms with van der Waals surface area (Å²) in [4.78, 5) is 7.73. The highest BCUT2D eigenvalue weighted by molar-refractivity contribution is 5.86. The molecule has 1 heterocycles. The maximum absolute atomic E-state index is 5.38. The van der Waals surface area contributed by atoms with Crippen LogP contribution in [0.15, 0.2) is 0 Å². The number of nitrogens with one attached hydrogen (secondary N) is 2. The Morgan fingerprint density at radius 1 is 1.27 bits per heavy atom. The van der Waals surface area contributed by atoms with Gasteiger partial charge in [0.1, 0.15) is 6.23 Å². The molecule has 1 atom stereocenters. The molecular formula is C8H22Cl3N3O. The molecule has 1 aliphatic rings. The van der Waals surface area contributed by atoms with Gasteiger partial charge >= 0.3 is 0 Å². The molecule has 1 aliphatic heterocycles. The number of piperazine rings is 1. The smallest absolute Gasteiger partial charge is 0.131 e. The second kappa shape index (κ2) is 12.8. The van der Waals surface area contributed by atoms with Crippen LogP contribution in [-0.4, -0.2) is 44.4 Å². The minimum Gasteiger partial charge on any atom is -0.314 e. The van der Waals surface area contributed by atoms with Crippen LogP contribution in [-0.2, 0) is 4.84 Å². The molecule has 4 nitrogen and oxygen atoms in total. The normalized spacial score (nSPS) is 18.0. The summed E-state index contributed by atoms with van der Waals surface area (Å²) >= 11 is 0. The quantitative estimate of drug-likeness (QED) is 0.756. The third-order valence-corrected chi connectivity index (χ3v) is 2.16. The zero-order valence-corrected chi connectivity index (χ0v) is 11.6. The summed E-state index contributed by atoms with van der Waals surface area (Å²) < 4.78 is 0. The second-order valence-electron chi connectivity index (χ2n) is 2.97. The van der Waals surface area contributed by atoms with E-state index in [-0.39, 0.29) is 43.4 Å². The Morgan fingerprint density at radius 3 is 2.20 bits per heavy atom. The van der Waals surface area contributed by atoms with Gasteiger partial charge in [-0.1, -0.05) is 6.92 Å². The number of halogens is 3. The lowest BCUT2D eigenvalue weighted by atomic mass is 10.3. The lowest BCUT2D eigenvalue weighted by Gasteiger charge is -2.33. The molecule has 1 saturated heterocycles. The SMILES string of the molecule is CCC(ONC)N1CCNCC1.Cl.Cl.Cl. The second-order valence-corrected chi connectivity index (χ2v) is 2.97. The fourth-order valence-electron chi connectivity index (χ4n) is 1.52. The molecule has 0 aromatic heterocycles. The first-order valence-electron chi connectivity index (χ1n) is 4.65. The van der Waals surface area contributed by atoms with Crippen LogP contribution in [0.25, 0.3) is 0 Å². The Morgan fingerprint density at radius 2 is 1.80 bits per heavy atom. The summed E-state index contributed by atoms with van der Waals surface area (Å²) in [6.07, 6.45) is 1.26. The van der Waals surface area contributed by atoms with Gasteiger partial charge in [-0.2, -0.15) is 0 Å². The van der Waals surface area contributed by atoms with Gasteiger partial charge < -0.3 is 5.32 Å². The van der Waals surface area contributed by atoms with E-state index in [9.17, 15) is 0 Å². The Bertz CT molecular complexity index is 123. The van der Waals surface area contributed by atoms with Crippen LogP contribution < -0.4 is 10.8 Å². The van der Waals surface area contributed by atoms with Gasteiger partial charge in [-0.3, -0.25) is 9.74 Å². The predicted molar refractivity (Wildman–Crippen MR) is 70.4 cm³/mol. The number of hydroxylamine groups is 1. The van der Waals surface area contributed by atoms with E-state index in [2.05, 4.69) is 22.6 Å². The monoisotopic (exact) mass is 281 g/mol. The molecule has 0 amide bonds. The van der Waals surface area contributed by atoms with Crippen molar-refractivity contribution < 1.29 is 4.84 Å². The van der Waals surface area contributed by atoms with Gasteiger partial charge in [-0.05, 0) is 6.42 Å². The summed E-state index contributed by atoms with van der Waals surface area (Å²) in [5.74, 6) is 0. The van der Waals surface area contributed by atoms with Crippen LogP contribution >= 0.6 is 37.2 Å².